The number of benzene rings is 2. The molecule has 4 aromatic rings. The predicted octanol–water partition coefficient (Wildman–Crippen LogP) is 1.47. The number of aliphatic hydroxyl groups excluding tert-OH is 2. The minimum Gasteiger partial charge on any atom is -0.460 e. The van der Waals surface area contributed by atoms with Crippen LogP contribution in [0, 0.1) is 0 Å². The molecular weight excluding hydrogens is 645 g/mol. The van der Waals surface area contributed by atoms with Crippen molar-refractivity contribution in [3.05, 3.63) is 83.4 Å². The summed E-state index contributed by atoms with van der Waals surface area (Å²) in [5.41, 5.74) is 7.65. The number of nitrogens with zero attached hydrogens (tertiary/aromatic N) is 4. The Kier molecular flexibility index (Phi) is 10.9. The molecule has 0 aliphatic carbocycles. The second-order valence-corrected chi connectivity index (χ2v) is 12.4. The average Bonchev–Trinajstić information content (AvgIpc) is 3.55. The molecule has 2 aromatic heterocycles. The molecule has 16 nitrogen and oxygen atoms in total. The molecule has 0 spiro atoms. The van der Waals surface area contributed by atoms with Crippen LogP contribution in [-0.4, -0.2) is 79.7 Å². The Hall–Kier alpha value is -3.99. The van der Waals surface area contributed by atoms with Crippen LogP contribution >= 0.6 is 19.3 Å². The summed E-state index contributed by atoms with van der Waals surface area (Å²) >= 11 is 6.27. The van der Waals surface area contributed by atoms with Gasteiger partial charge in [-0.2, -0.15) is 0 Å². The van der Waals surface area contributed by atoms with Gasteiger partial charge in [-0.1, -0.05) is 60.7 Å². The Morgan fingerprint density at radius 1 is 0.935 bits per heavy atom. The zero-order chi connectivity index (χ0) is 32.7. The molecule has 6 N–H and O–H groups in total. The van der Waals surface area contributed by atoms with Gasteiger partial charge in [0.25, 0.3) is 0 Å². The molecular formula is C28H31ClN7O9P. The lowest BCUT2D eigenvalue weighted by Crippen LogP contribution is -2.37. The van der Waals surface area contributed by atoms with Gasteiger partial charge in [-0.05, 0) is 22.7 Å². The molecule has 0 bridgehead atoms. The number of imidazole rings is 1. The number of hydrogen-bond acceptors (Lipinski definition) is 13. The average molecular weight is 676 g/mol. The molecule has 5 rings (SSSR count). The van der Waals surface area contributed by atoms with Crippen LogP contribution in [0.1, 0.15) is 17.4 Å². The number of aliphatic hydroxyl groups is 2. The van der Waals surface area contributed by atoms with Gasteiger partial charge < -0.3 is 34.7 Å². The van der Waals surface area contributed by atoms with Crippen LogP contribution in [0.2, 0.25) is 5.28 Å². The van der Waals surface area contributed by atoms with Gasteiger partial charge in [-0.25, -0.2) is 25.1 Å². The Labute approximate surface area is 267 Å². The molecule has 1 fully saturated rings. The number of esters is 2. The predicted molar refractivity (Wildman–Crippen MR) is 163 cm³/mol. The quantitative estimate of drug-likeness (QED) is 0.0725. The van der Waals surface area contributed by atoms with Crippen LogP contribution in [0.4, 0.5) is 5.82 Å². The molecule has 244 valence electrons. The van der Waals surface area contributed by atoms with E-state index >= 15 is 0 Å². The largest absolute Gasteiger partial charge is 0.460 e. The number of fused-ring (bicyclic) bond motifs is 1. The molecule has 18 heteroatoms. The Balaban J connectivity index is 1.23. The summed E-state index contributed by atoms with van der Waals surface area (Å²) in [4.78, 5) is 36.9. The summed E-state index contributed by atoms with van der Waals surface area (Å²) in [7, 11) is -4.21. The molecule has 3 heterocycles. The number of carbonyl (C=O) groups excluding carboxylic acids is 2. The van der Waals surface area contributed by atoms with E-state index in [-0.39, 0.29) is 35.5 Å². The van der Waals surface area contributed by atoms with Crippen molar-refractivity contribution in [3.63, 3.8) is 0 Å². The van der Waals surface area contributed by atoms with E-state index in [4.69, 9.17) is 36.1 Å². The van der Waals surface area contributed by atoms with Crippen molar-refractivity contribution in [1.29, 1.82) is 0 Å². The number of ether oxygens (including phenoxy) is 3. The molecule has 0 saturated carbocycles. The highest BCUT2D eigenvalue weighted by Gasteiger charge is 2.46. The number of carbonyl (C=O) groups is 2. The summed E-state index contributed by atoms with van der Waals surface area (Å²) in [5.74, 6) is -1.46. The van der Waals surface area contributed by atoms with Gasteiger partial charge in [-0.3, -0.25) is 18.7 Å². The summed E-state index contributed by atoms with van der Waals surface area (Å²) in [6, 6.07) is 17.9. The number of nitrogens with one attached hydrogen (secondary N) is 2. The lowest BCUT2D eigenvalue weighted by molar-refractivity contribution is -0.144. The van der Waals surface area contributed by atoms with E-state index in [9.17, 15) is 24.4 Å². The van der Waals surface area contributed by atoms with Gasteiger partial charge in [-0.15, -0.1) is 0 Å². The summed E-state index contributed by atoms with van der Waals surface area (Å²) in [6.07, 6.45) is -4.44. The first kappa shape index (κ1) is 33.4. The second-order valence-electron chi connectivity index (χ2n) is 10.0. The standard InChI is InChI=1S/C28H31ClN7O9P/c29-28-35-22-25(30)31-16-32-26(22)36(28)27-24(40)23(39)19(45-27)15-44-46(41,33-11-20(37)42-13-17-7-3-1-4-8-17)34-12-21(38)43-14-18-9-5-2-6-10-18/h1-10,16,19,23-24,27,39-40H,11-15H2,(H2,30,31,32)(H2,33,34,41)/t19-,23?,24+,27-/m1/s1. The monoisotopic (exact) mass is 675 g/mol. The minimum absolute atomic E-state index is 0.0187. The molecule has 0 amide bonds. The lowest BCUT2D eigenvalue weighted by atomic mass is 10.1. The zero-order valence-electron chi connectivity index (χ0n) is 24.1. The van der Waals surface area contributed by atoms with E-state index in [2.05, 4.69) is 25.1 Å². The Morgan fingerprint density at radius 3 is 2.07 bits per heavy atom. The van der Waals surface area contributed by atoms with Crippen molar-refractivity contribution in [2.24, 2.45) is 0 Å². The third-order valence-electron chi connectivity index (χ3n) is 6.82. The number of rotatable bonds is 14. The van der Waals surface area contributed by atoms with Gasteiger partial charge in [0.15, 0.2) is 23.2 Å². The first-order chi connectivity index (χ1) is 22.1. The first-order valence-electron chi connectivity index (χ1n) is 13.9. The van der Waals surface area contributed by atoms with Crippen molar-refractivity contribution >= 4 is 48.2 Å². The second kappa shape index (κ2) is 15.1. The fraction of sp³-hybridized carbons (Fsp3) is 0.321. The summed E-state index contributed by atoms with van der Waals surface area (Å²) in [6.45, 7) is -1.73. The van der Waals surface area contributed by atoms with Crippen LogP contribution in [0.5, 0.6) is 0 Å². The Bertz CT molecular complexity index is 1640. The molecule has 1 saturated heterocycles. The smallest absolute Gasteiger partial charge is 0.341 e. The maximum atomic E-state index is 13.8. The minimum atomic E-state index is -4.21. The van der Waals surface area contributed by atoms with Gasteiger partial charge in [0.05, 0.1) is 6.61 Å². The molecule has 1 unspecified atom stereocenters. The number of nitrogen functional groups attached to an aromatic ring is 1. The molecule has 46 heavy (non-hydrogen) atoms. The van der Waals surface area contributed by atoms with E-state index < -0.39 is 63.8 Å². The van der Waals surface area contributed by atoms with E-state index in [0.717, 1.165) is 11.1 Å². The van der Waals surface area contributed by atoms with E-state index in [1.54, 1.807) is 48.5 Å². The zero-order valence-corrected chi connectivity index (χ0v) is 25.8. The Morgan fingerprint density at radius 2 is 1.50 bits per heavy atom. The van der Waals surface area contributed by atoms with Crippen molar-refractivity contribution in [2.45, 2.75) is 37.8 Å². The van der Waals surface area contributed by atoms with E-state index in [0.29, 0.717) is 0 Å². The molecule has 2 aromatic carbocycles. The van der Waals surface area contributed by atoms with Crippen LogP contribution in [0.3, 0.4) is 0 Å². The summed E-state index contributed by atoms with van der Waals surface area (Å²) < 4.78 is 36.8. The fourth-order valence-electron chi connectivity index (χ4n) is 4.45. The number of halogens is 1. The normalized spacial score (nSPS) is 19.7. The fourth-order valence-corrected chi connectivity index (χ4v) is 6.03. The third kappa shape index (κ3) is 8.23. The third-order valence-corrected chi connectivity index (χ3v) is 8.75. The molecule has 4 atom stereocenters. The number of aromatic nitrogens is 4. The number of nitrogens with two attached hydrogens (primary N) is 1. The highest BCUT2D eigenvalue weighted by molar-refractivity contribution is 7.54. The van der Waals surface area contributed by atoms with E-state index in [1.165, 1.54) is 10.9 Å². The topological polar surface area (TPSA) is 222 Å². The maximum Gasteiger partial charge on any atom is 0.341 e. The van der Waals surface area contributed by atoms with Crippen LogP contribution in [0.15, 0.2) is 67.0 Å². The maximum absolute atomic E-state index is 13.8. The van der Waals surface area contributed by atoms with Crippen molar-refractivity contribution in [1.82, 2.24) is 29.7 Å². The SMILES string of the molecule is Nc1ncnc2c1nc(Cl)n2[C@@H]1O[C@H](COP(=O)(NCC(=O)OCc2ccccc2)NCC(=O)OCc2ccccc2)C(O)[C@@H]1O. The molecule has 0 radical (unpaired) electrons. The molecule has 1 aliphatic heterocycles. The number of anilines is 1. The van der Waals surface area contributed by atoms with Gasteiger partial charge in [0.2, 0.25) is 5.28 Å². The first-order valence-corrected chi connectivity index (χ1v) is 15.9. The van der Waals surface area contributed by atoms with E-state index in [1.807, 2.05) is 12.1 Å². The number of hydrogen-bond donors (Lipinski definition) is 5. The summed E-state index contributed by atoms with van der Waals surface area (Å²) in [5, 5.41) is 26.4. The van der Waals surface area contributed by atoms with Gasteiger partial charge >= 0.3 is 19.6 Å². The van der Waals surface area contributed by atoms with Crippen molar-refractivity contribution in [3.8, 4) is 0 Å². The highest BCUT2D eigenvalue weighted by atomic mass is 35.5. The lowest BCUT2D eigenvalue weighted by Gasteiger charge is -2.22. The van der Waals surface area contributed by atoms with Crippen LogP contribution in [0.25, 0.3) is 11.2 Å². The van der Waals surface area contributed by atoms with Crippen LogP contribution < -0.4 is 15.9 Å². The molecule has 1 aliphatic rings. The van der Waals surface area contributed by atoms with Crippen molar-refractivity contribution < 1.29 is 43.1 Å². The van der Waals surface area contributed by atoms with Gasteiger partial charge in [0, 0.05) is 0 Å². The highest BCUT2D eigenvalue weighted by Crippen LogP contribution is 2.40. The van der Waals surface area contributed by atoms with Crippen LogP contribution in [-0.2, 0) is 46.1 Å². The van der Waals surface area contributed by atoms with Gasteiger partial charge in [0.1, 0.15) is 50.9 Å². The van der Waals surface area contributed by atoms with Crippen molar-refractivity contribution in [2.75, 3.05) is 25.4 Å².